The first kappa shape index (κ1) is 18.1. The largest absolute Gasteiger partial charge is 0.393 e. The van der Waals surface area contributed by atoms with Crippen LogP contribution in [-0.4, -0.2) is 34.5 Å². The molecule has 0 amide bonds. The fraction of sp³-hybridized carbons (Fsp3) is 0.727. The summed E-state index contributed by atoms with van der Waals surface area (Å²) in [6, 6.07) is 0. The van der Waals surface area contributed by atoms with Gasteiger partial charge in [-0.1, -0.05) is 32.4 Å². The Morgan fingerprint density at radius 3 is 2.77 bits per heavy atom. The molecule has 4 rings (SSSR count). The minimum atomic E-state index is -0.493. The van der Waals surface area contributed by atoms with Crippen LogP contribution in [0.5, 0.6) is 0 Å². The van der Waals surface area contributed by atoms with Crippen molar-refractivity contribution in [1.29, 1.82) is 0 Å². The van der Waals surface area contributed by atoms with Gasteiger partial charge >= 0.3 is 0 Å². The average molecular weight is 358 g/mol. The maximum Gasteiger partial charge on any atom is 0.178 e. The van der Waals surface area contributed by atoms with Gasteiger partial charge in [0.1, 0.15) is 6.61 Å². The molecule has 4 aliphatic rings. The Bertz CT molecular complexity index is 707. The zero-order chi connectivity index (χ0) is 18.9. The quantitative estimate of drug-likeness (QED) is 0.796. The van der Waals surface area contributed by atoms with Gasteiger partial charge in [0.2, 0.25) is 0 Å². The molecule has 0 heterocycles. The molecule has 4 heteroatoms. The van der Waals surface area contributed by atoms with Gasteiger partial charge in [-0.3, -0.25) is 9.59 Å². The SMILES string of the molecule is C[C@@H]1CC2C3CCC4=CC(=O)C=CC4(C)C3[C@@H](O)CC2(C)C1C(=O)CO. The van der Waals surface area contributed by atoms with E-state index in [4.69, 9.17) is 0 Å². The molecular weight excluding hydrogens is 328 g/mol. The van der Waals surface area contributed by atoms with Crippen molar-refractivity contribution in [3.63, 3.8) is 0 Å². The third kappa shape index (κ3) is 2.27. The highest BCUT2D eigenvalue weighted by molar-refractivity contribution is 6.01. The number of aliphatic hydroxyl groups is 2. The predicted octanol–water partition coefficient (Wildman–Crippen LogP) is 2.69. The van der Waals surface area contributed by atoms with E-state index in [2.05, 4.69) is 20.8 Å². The van der Waals surface area contributed by atoms with E-state index in [0.29, 0.717) is 18.3 Å². The molecule has 0 aromatic heterocycles. The van der Waals surface area contributed by atoms with Gasteiger partial charge in [0.15, 0.2) is 11.6 Å². The zero-order valence-electron chi connectivity index (χ0n) is 15.9. The van der Waals surface area contributed by atoms with Crippen LogP contribution in [0.2, 0.25) is 0 Å². The van der Waals surface area contributed by atoms with Crippen LogP contribution in [0.25, 0.3) is 0 Å². The summed E-state index contributed by atoms with van der Waals surface area (Å²) in [6.45, 7) is 6.04. The molecule has 0 saturated heterocycles. The lowest BCUT2D eigenvalue weighted by Crippen LogP contribution is -2.56. The van der Waals surface area contributed by atoms with E-state index in [9.17, 15) is 19.8 Å². The molecule has 3 saturated carbocycles. The molecule has 4 aliphatic carbocycles. The summed E-state index contributed by atoms with van der Waals surface area (Å²) in [6.07, 6.45) is 8.39. The van der Waals surface area contributed by atoms with E-state index in [1.165, 1.54) is 0 Å². The molecule has 0 aromatic carbocycles. The van der Waals surface area contributed by atoms with Crippen molar-refractivity contribution in [2.45, 2.75) is 52.6 Å². The topological polar surface area (TPSA) is 74.6 Å². The van der Waals surface area contributed by atoms with E-state index in [-0.39, 0.29) is 40.2 Å². The van der Waals surface area contributed by atoms with Gasteiger partial charge in [-0.2, -0.15) is 0 Å². The van der Waals surface area contributed by atoms with Gasteiger partial charge in [0.25, 0.3) is 0 Å². The normalized spacial score (nSPS) is 49.9. The lowest BCUT2D eigenvalue weighted by Gasteiger charge is -2.58. The highest BCUT2D eigenvalue weighted by Gasteiger charge is 2.64. The van der Waals surface area contributed by atoms with Gasteiger partial charge in [-0.25, -0.2) is 0 Å². The molecule has 4 nitrogen and oxygen atoms in total. The third-order valence-electron chi connectivity index (χ3n) is 8.34. The number of rotatable bonds is 2. The Balaban J connectivity index is 1.74. The molecule has 0 radical (unpaired) electrons. The highest BCUT2D eigenvalue weighted by atomic mass is 16.3. The van der Waals surface area contributed by atoms with Crippen molar-refractivity contribution in [2.75, 3.05) is 6.61 Å². The zero-order valence-corrected chi connectivity index (χ0v) is 15.9. The molecule has 0 spiro atoms. The first-order valence-electron chi connectivity index (χ1n) is 9.98. The number of ketones is 2. The first-order chi connectivity index (χ1) is 12.2. The first-order valence-corrected chi connectivity index (χ1v) is 9.98. The van der Waals surface area contributed by atoms with Crippen molar-refractivity contribution >= 4 is 11.6 Å². The van der Waals surface area contributed by atoms with Gasteiger partial charge in [0, 0.05) is 17.3 Å². The van der Waals surface area contributed by atoms with E-state index in [1.807, 2.05) is 6.08 Å². The van der Waals surface area contributed by atoms with Crippen molar-refractivity contribution in [3.8, 4) is 0 Å². The lowest BCUT2D eigenvalue weighted by molar-refractivity contribution is -0.142. The molecule has 0 aromatic rings. The van der Waals surface area contributed by atoms with Crippen LogP contribution in [-0.2, 0) is 9.59 Å². The molecule has 6 unspecified atom stereocenters. The van der Waals surface area contributed by atoms with Crippen molar-refractivity contribution < 1.29 is 19.8 Å². The number of hydrogen-bond donors (Lipinski definition) is 2. The minimum Gasteiger partial charge on any atom is -0.393 e. The fourth-order valence-electron chi connectivity index (χ4n) is 7.48. The second-order valence-electron chi connectivity index (χ2n) is 9.62. The Morgan fingerprint density at radius 1 is 1.35 bits per heavy atom. The lowest BCUT2D eigenvalue weighted by atomic mass is 9.46. The Morgan fingerprint density at radius 2 is 2.08 bits per heavy atom. The number of carbonyl (C=O) groups is 2. The smallest absolute Gasteiger partial charge is 0.178 e. The third-order valence-corrected chi connectivity index (χ3v) is 8.34. The molecule has 0 bridgehead atoms. The van der Waals surface area contributed by atoms with Crippen LogP contribution in [0.4, 0.5) is 0 Å². The number of hydrogen-bond acceptors (Lipinski definition) is 4. The van der Waals surface area contributed by atoms with Crippen molar-refractivity contribution in [2.24, 2.45) is 40.4 Å². The number of carbonyl (C=O) groups excluding carboxylic acids is 2. The monoisotopic (exact) mass is 358 g/mol. The van der Waals surface area contributed by atoms with Crippen molar-refractivity contribution in [3.05, 3.63) is 23.8 Å². The molecule has 3 fully saturated rings. The van der Waals surface area contributed by atoms with Crippen LogP contribution >= 0.6 is 0 Å². The van der Waals surface area contributed by atoms with Crippen LogP contribution in [0.1, 0.15) is 46.5 Å². The second-order valence-corrected chi connectivity index (χ2v) is 9.62. The summed E-state index contributed by atoms with van der Waals surface area (Å²) in [5.74, 6) is 0.886. The van der Waals surface area contributed by atoms with Crippen molar-refractivity contribution in [1.82, 2.24) is 0 Å². The van der Waals surface area contributed by atoms with Crippen LogP contribution in [0.3, 0.4) is 0 Å². The van der Waals surface area contributed by atoms with E-state index < -0.39 is 12.7 Å². The summed E-state index contributed by atoms with van der Waals surface area (Å²) in [7, 11) is 0. The summed E-state index contributed by atoms with van der Waals surface area (Å²) >= 11 is 0. The van der Waals surface area contributed by atoms with Crippen LogP contribution < -0.4 is 0 Å². The summed E-state index contributed by atoms with van der Waals surface area (Å²) < 4.78 is 0. The highest BCUT2D eigenvalue weighted by Crippen LogP contribution is 2.67. The predicted molar refractivity (Wildman–Crippen MR) is 98.1 cm³/mol. The number of Topliss-reactive ketones (excluding diaryl/α,β-unsaturated/α-hetero) is 1. The molecule has 142 valence electrons. The van der Waals surface area contributed by atoms with Gasteiger partial charge in [-0.05, 0) is 61.0 Å². The van der Waals surface area contributed by atoms with Gasteiger partial charge in [-0.15, -0.1) is 0 Å². The standard InChI is InChI=1S/C22H30O4/c1-12-8-16-15-5-4-13-9-14(24)6-7-21(13,2)20(15)17(25)10-22(16,3)19(12)18(26)11-23/h6-7,9,12,15-17,19-20,23,25H,4-5,8,10-11H2,1-3H3/t12-,15?,16?,17+,19?,20?,21?,22?/m1/s1. The molecular formula is C22H30O4. The molecule has 2 N–H and O–H groups in total. The van der Waals surface area contributed by atoms with Crippen LogP contribution in [0, 0.1) is 40.4 Å². The minimum absolute atomic E-state index is 0.0501. The van der Waals surface area contributed by atoms with Gasteiger partial charge in [0.05, 0.1) is 6.10 Å². The van der Waals surface area contributed by atoms with E-state index in [1.54, 1.807) is 12.2 Å². The summed E-state index contributed by atoms with van der Waals surface area (Å²) in [5.41, 5.74) is 0.647. The number of allylic oxidation sites excluding steroid dienone is 4. The van der Waals surface area contributed by atoms with E-state index in [0.717, 1.165) is 24.8 Å². The Kier molecular flexibility index (Phi) is 4.09. The average Bonchev–Trinajstić information content (AvgIpc) is 2.84. The summed E-state index contributed by atoms with van der Waals surface area (Å²) in [4.78, 5) is 24.3. The maximum atomic E-state index is 12.5. The fourth-order valence-corrected chi connectivity index (χ4v) is 7.48. The Hall–Kier alpha value is -1.26. The summed E-state index contributed by atoms with van der Waals surface area (Å²) in [5, 5.41) is 20.7. The second kappa shape index (κ2) is 5.87. The number of aliphatic hydroxyl groups excluding tert-OH is 2. The van der Waals surface area contributed by atoms with Crippen LogP contribution in [0.15, 0.2) is 23.8 Å². The number of fused-ring (bicyclic) bond motifs is 5. The molecule has 0 aliphatic heterocycles. The Labute approximate surface area is 155 Å². The maximum absolute atomic E-state index is 12.5. The molecule has 26 heavy (non-hydrogen) atoms. The molecule has 8 atom stereocenters. The van der Waals surface area contributed by atoms with Gasteiger partial charge < -0.3 is 10.2 Å². The van der Waals surface area contributed by atoms with E-state index >= 15 is 0 Å².